The average molecular weight is 811 g/mol. The number of nitrogens with one attached hydrogen (secondary N) is 2. The van der Waals surface area contributed by atoms with Crippen LogP contribution < -0.4 is 10.6 Å². The number of aliphatic hydroxyl groups excluding tert-OH is 2. The first-order valence-electron chi connectivity index (χ1n) is 22.1. The highest BCUT2D eigenvalue weighted by Gasteiger charge is 2.46. The van der Waals surface area contributed by atoms with E-state index in [1.54, 1.807) is 28.8 Å². The van der Waals surface area contributed by atoms with Crippen LogP contribution in [0.4, 0.5) is 5.82 Å². The van der Waals surface area contributed by atoms with E-state index in [0.29, 0.717) is 42.9 Å². The first-order chi connectivity index (χ1) is 28.5. The molecule has 14 nitrogen and oxygen atoms in total. The molecule has 1 fully saturated rings. The van der Waals surface area contributed by atoms with Crippen molar-refractivity contribution in [3.8, 4) is 0 Å². The van der Waals surface area contributed by atoms with Crippen molar-refractivity contribution in [1.29, 1.82) is 0 Å². The summed E-state index contributed by atoms with van der Waals surface area (Å²) in [5.41, 5.74) is 1.12. The zero-order valence-electron chi connectivity index (χ0n) is 34.9. The lowest BCUT2D eigenvalue weighted by Gasteiger charge is -2.22. The summed E-state index contributed by atoms with van der Waals surface area (Å²) in [5.74, 6) is -0.0824. The number of fused-ring (bicyclic) bond motifs is 1. The van der Waals surface area contributed by atoms with Crippen LogP contribution in [0.2, 0.25) is 0 Å². The summed E-state index contributed by atoms with van der Waals surface area (Å²) in [5, 5.41) is 26.4. The Bertz CT molecular complexity index is 1540. The maximum absolute atomic E-state index is 12.8. The van der Waals surface area contributed by atoms with Gasteiger partial charge in [0.2, 0.25) is 5.91 Å². The van der Waals surface area contributed by atoms with E-state index in [2.05, 4.69) is 32.5 Å². The monoisotopic (exact) mass is 811 g/mol. The van der Waals surface area contributed by atoms with E-state index in [1.807, 2.05) is 6.07 Å². The Labute approximate surface area is 345 Å². The largest absolute Gasteiger partial charge is 0.394 e. The third-order valence-corrected chi connectivity index (χ3v) is 10.7. The number of carbonyl (C=O) groups excluding carboxylic acids is 2. The van der Waals surface area contributed by atoms with E-state index < -0.39 is 31.1 Å². The summed E-state index contributed by atoms with van der Waals surface area (Å²) in [6.45, 7) is 3.02. The molecule has 2 unspecified atom stereocenters. The zero-order valence-corrected chi connectivity index (χ0v) is 34.9. The number of aliphatic hydroxyl groups is 2. The van der Waals surface area contributed by atoms with Crippen molar-refractivity contribution in [2.75, 3.05) is 45.1 Å². The maximum Gasteiger partial charge on any atom is 0.256 e. The molecule has 58 heavy (non-hydrogen) atoms. The summed E-state index contributed by atoms with van der Waals surface area (Å²) < 4.78 is 24.6. The van der Waals surface area contributed by atoms with E-state index in [9.17, 15) is 19.8 Å². The zero-order chi connectivity index (χ0) is 41.0. The standard InChI is InChI=1S/C44H70N6O8/c1-2-3-4-5-6-7-8-9-10-11-12-13-14-15-16-17-18-19-23-26-37(52)45-27-28-55-29-30-56-34-57-40-39(53)36(31-51)58-44(40)50-33-48-38-41(46-32-47-42(38)50)49-43(54)35-24-21-20-22-25-35/h20-22,24-25,32-33,36,39-40,44,51,53H,2-19,23,26-31,34H2,1H3,(H,45,52)(H,46,47,49,54)/t36-,39?,40?,44-/m1/s1. The molecule has 1 saturated heterocycles. The summed E-state index contributed by atoms with van der Waals surface area (Å²) in [4.78, 5) is 37.9. The predicted molar refractivity (Wildman–Crippen MR) is 224 cm³/mol. The number of nitrogens with zero attached hydrogens (tertiary/aromatic N) is 4. The second-order valence-corrected chi connectivity index (χ2v) is 15.3. The molecule has 1 aliphatic rings. The lowest BCUT2D eigenvalue weighted by molar-refractivity contribution is -0.143. The second-order valence-electron chi connectivity index (χ2n) is 15.3. The van der Waals surface area contributed by atoms with Crippen LogP contribution in [0.5, 0.6) is 0 Å². The maximum atomic E-state index is 12.8. The molecule has 324 valence electrons. The van der Waals surface area contributed by atoms with Crippen molar-refractivity contribution in [2.45, 2.75) is 160 Å². The number of carbonyl (C=O) groups is 2. The van der Waals surface area contributed by atoms with Gasteiger partial charge in [-0.15, -0.1) is 0 Å². The van der Waals surface area contributed by atoms with Gasteiger partial charge in [-0.1, -0.05) is 141 Å². The van der Waals surface area contributed by atoms with Gasteiger partial charge >= 0.3 is 0 Å². The number of rotatable bonds is 33. The minimum atomic E-state index is -1.16. The number of hydrogen-bond donors (Lipinski definition) is 4. The normalized spacial score (nSPS) is 17.9. The first kappa shape index (κ1) is 47.2. The Morgan fingerprint density at radius 3 is 2.00 bits per heavy atom. The minimum absolute atomic E-state index is 0.0543. The predicted octanol–water partition coefficient (Wildman–Crippen LogP) is 7.64. The van der Waals surface area contributed by atoms with Crippen LogP contribution in [0.3, 0.4) is 0 Å². The molecule has 3 heterocycles. The fourth-order valence-electron chi connectivity index (χ4n) is 7.29. The highest BCUT2D eigenvalue weighted by Crippen LogP contribution is 2.34. The highest BCUT2D eigenvalue weighted by atomic mass is 16.7. The Morgan fingerprint density at radius 2 is 1.38 bits per heavy atom. The van der Waals surface area contributed by atoms with Gasteiger partial charge in [0.15, 0.2) is 23.2 Å². The number of hydrogen-bond acceptors (Lipinski definition) is 11. The molecule has 4 atom stereocenters. The molecule has 4 N–H and O–H groups in total. The molecule has 0 aliphatic carbocycles. The van der Waals surface area contributed by atoms with Gasteiger partial charge in [-0.25, -0.2) is 15.0 Å². The van der Waals surface area contributed by atoms with Crippen molar-refractivity contribution in [2.24, 2.45) is 0 Å². The lowest BCUT2D eigenvalue weighted by Crippen LogP contribution is -2.36. The van der Waals surface area contributed by atoms with Gasteiger partial charge in [0, 0.05) is 18.5 Å². The van der Waals surface area contributed by atoms with Crippen LogP contribution in [0.25, 0.3) is 11.2 Å². The summed E-state index contributed by atoms with van der Waals surface area (Å²) in [7, 11) is 0. The van der Waals surface area contributed by atoms with E-state index in [-0.39, 0.29) is 31.0 Å². The second kappa shape index (κ2) is 28.8. The number of aromatic nitrogens is 4. The van der Waals surface area contributed by atoms with Crippen molar-refractivity contribution in [1.82, 2.24) is 24.8 Å². The number of benzene rings is 1. The van der Waals surface area contributed by atoms with Crippen molar-refractivity contribution >= 4 is 28.8 Å². The number of imidazole rings is 1. The smallest absolute Gasteiger partial charge is 0.256 e. The van der Waals surface area contributed by atoms with E-state index >= 15 is 0 Å². The molecule has 1 aliphatic heterocycles. The van der Waals surface area contributed by atoms with Gasteiger partial charge in [-0.2, -0.15) is 0 Å². The van der Waals surface area contributed by atoms with E-state index in [4.69, 9.17) is 18.9 Å². The van der Waals surface area contributed by atoms with E-state index in [1.165, 1.54) is 122 Å². The van der Waals surface area contributed by atoms with Crippen LogP contribution >= 0.6 is 0 Å². The Morgan fingerprint density at radius 1 is 0.776 bits per heavy atom. The fraction of sp³-hybridized carbons (Fsp3) is 0.705. The number of unbranched alkanes of at least 4 members (excludes halogenated alkanes) is 18. The topological polar surface area (TPSA) is 179 Å². The van der Waals surface area contributed by atoms with Gasteiger partial charge in [-0.05, 0) is 18.6 Å². The van der Waals surface area contributed by atoms with Crippen molar-refractivity contribution < 1.29 is 38.7 Å². The van der Waals surface area contributed by atoms with Crippen molar-refractivity contribution in [3.05, 3.63) is 48.5 Å². The first-order valence-corrected chi connectivity index (χ1v) is 22.1. The molecule has 0 saturated carbocycles. The quantitative estimate of drug-likeness (QED) is 0.0351. The Hall–Kier alpha value is -3.53. The molecule has 14 heteroatoms. The van der Waals surface area contributed by atoms with Gasteiger partial charge in [0.25, 0.3) is 5.91 Å². The Kier molecular flexibility index (Phi) is 23.4. The molecule has 0 bridgehead atoms. The minimum Gasteiger partial charge on any atom is -0.394 e. The molecular weight excluding hydrogens is 741 g/mol. The van der Waals surface area contributed by atoms with Gasteiger partial charge in [-0.3, -0.25) is 14.2 Å². The van der Waals surface area contributed by atoms with E-state index in [0.717, 1.165) is 12.8 Å². The summed E-state index contributed by atoms with van der Waals surface area (Å²) in [6.07, 6.45) is 24.7. The summed E-state index contributed by atoms with van der Waals surface area (Å²) in [6, 6.07) is 8.73. The molecule has 3 aromatic rings. The van der Waals surface area contributed by atoms with Crippen LogP contribution in [-0.4, -0.2) is 99.6 Å². The van der Waals surface area contributed by atoms with Gasteiger partial charge in [0.1, 0.15) is 31.4 Å². The number of ether oxygens (including phenoxy) is 4. The van der Waals surface area contributed by atoms with Crippen LogP contribution in [0.15, 0.2) is 43.0 Å². The van der Waals surface area contributed by atoms with Crippen LogP contribution in [0.1, 0.15) is 152 Å². The van der Waals surface area contributed by atoms with Gasteiger partial charge in [0.05, 0.1) is 32.8 Å². The molecule has 0 spiro atoms. The average Bonchev–Trinajstić information content (AvgIpc) is 3.81. The Balaban J connectivity index is 0.982. The van der Waals surface area contributed by atoms with Gasteiger partial charge < -0.3 is 39.8 Å². The lowest BCUT2D eigenvalue weighted by atomic mass is 10.0. The van der Waals surface area contributed by atoms with Crippen LogP contribution in [-0.2, 0) is 23.7 Å². The third kappa shape index (κ3) is 17.0. The van der Waals surface area contributed by atoms with Crippen LogP contribution in [0, 0.1) is 0 Å². The molecule has 0 radical (unpaired) electrons. The number of anilines is 1. The van der Waals surface area contributed by atoms with Crippen molar-refractivity contribution in [3.63, 3.8) is 0 Å². The molecule has 2 amide bonds. The molecule has 1 aromatic carbocycles. The molecule has 2 aromatic heterocycles. The summed E-state index contributed by atoms with van der Waals surface area (Å²) >= 11 is 0. The molecule has 4 rings (SSSR count). The SMILES string of the molecule is CCCCCCCCCCCCCCCCCCCCCC(=O)NCCOCCOCOC1C(O)[C@@H](CO)O[C@H]1n1cnc2c(NC(=O)c3ccccc3)ncnc21. The third-order valence-electron chi connectivity index (χ3n) is 10.7. The number of amides is 2. The molecular formula is C44H70N6O8. The highest BCUT2D eigenvalue weighted by molar-refractivity contribution is 6.06. The fourth-order valence-corrected chi connectivity index (χ4v) is 7.29.